The molecule has 3 heterocycles. The van der Waals surface area contributed by atoms with Crippen molar-refractivity contribution in [2.45, 2.75) is 31.8 Å². The molecule has 0 bridgehead atoms. The number of rotatable bonds is 4. The van der Waals surface area contributed by atoms with Crippen LogP contribution in [0, 0.1) is 11.6 Å². The Hall–Kier alpha value is -3.23. The lowest BCUT2D eigenvalue weighted by atomic mass is 9.97. The number of nitrogens with zero attached hydrogens (tertiary/aromatic N) is 5. The van der Waals surface area contributed by atoms with Crippen LogP contribution < -0.4 is 5.32 Å². The molecular weight excluding hydrogens is 354 g/mol. The van der Waals surface area contributed by atoms with Gasteiger partial charge in [-0.05, 0) is 18.9 Å². The molecule has 1 unspecified atom stereocenters. The molecule has 0 radical (unpaired) electrons. The quantitative estimate of drug-likeness (QED) is 0.761. The number of carbonyl (C=O) groups excluding carboxylic acids is 1. The molecule has 1 amide bonds. The third kappa shape index (κ3) is 3.40. The number of fused-ring (bicyclic) bond motifs is 1. The first-order valence-corrected chi connectivity index (χ1v) is 8.54. The van der Waals surface area contributed by atoms with Gasteiger partial charge in [-0.1, -0.05) is 6.07 Å². The molecule has 0 saturated carbocycles. The van der Waals surface area contributed by atoms with E-state index in [1.807, 2.05) is 4.57 Å². The number of benzene rings is 1. The van der Waals surface area contributed by atoms with Crippen molar-refractivity contribution in [2.75, 3.05) is 0 Å². The van der Waals surface area contributed by atoms with Gasteiger partial charge in [0.1, 0.15) is 23.2 Å². The third-order valence-corrected chi connectivity index (χ3v) is 4.54. The van der Waals surface area contributed by atoms with Crippen LogP contribution in [0.3, 0.4) is 0 Å². The van der Waals surface area contributed by atoms with E-state index in [0.717, 1.165) is 18.6 Å². The van der Waals surface area contributed by atoms with Crippen molar-refractivity contribution < 1.29 is 13.6 Å². The van der Waals surface area contributed by atoms with Gasteiger partial charge in [0.15, 0.2) is 5.82 Å². The van der Waals surface area contributed by atoms with E-state index in [0.29, 0.717) is 30.3 Å². The van der Waals surface area contributed by atoms with Gasteiger partial charge in [-0.3, -0.25) is 9.78 Å². The van der Waals surface area contributed by atoms with Crippen LogP contribution in [0.5, 0.6) is 0 Å². The average Bonchev–Trinajstić information content (AvgIpc) is 3.12. The van der Waals surface area contributed by atoms with E-state index in [1.165, 1.54) is 6.07 Å². The van der Waals surface area contributed by atoms with Crippen LogP contribution in [0.1, 0.15) is 30.1 Å². The number of halogens is 2. The zero-order chi connectivity index (χ0) is 18.8. The van der Waals surface area contributed by atoms with Crippen LogP contribution in [0.2, 0.25) is 0 Å². The Balaban J connectivity index is 1.52. The van der Waals surface area contributed by atoms with Crippen molar-refractivity contribution in [1.29, 1.82) is 0 Å². The van der Waals surface area contributed by atoms with Gasteiger partial charge in [0, 0.05) is 37.1 Å². The summed E-state index contributed by atoms with van der Waals surface area (Å²) in [5, 5.41) is 11.1. The molecule has 4 rings (SSSR count). The van der Waals surface area contributed by atoms with Crippen LogP contribution in [0.4, 0.5) is 8.78 Å². The lowest BCUT2D eigenvalue weighted by molar-refractivity contribution is -0.123. The summed E-state index contributed by atoms with van der Waals surface area (Å²) in [4.78, 5) is 20.9. The molecule has 138 valence electrons. The van der Waals surface area contributed by atoms with Crippen LogP contribution in [-0.2, 0) is 17.9 Å². The smallest absolute Gasteiger partial charge is 0.231 e. The normalized spacial score (nSPS) is 16.0. The predicted molar refractivity (Wildman–Crippen MR) is 91.2 cm³/mol. The fraction of sp³-hybridized carbons (Fsp3) is 0.278. The Labute approximate surface area is 153 Å². The highest BCUT2D eigenvalue weighted by Crippen LogP contribution is 2.29. The first-order valence-electron chi connectivity index (χ1n) is 8.54. The van der Waals surface area contributed by atoms with Gasteiger partial charge < -0.3 is 9.88 Å². The number of hydrogen-bond acceptors (Lipinski definition) is 5. The van der Waals surface area contributed by atoms with Crippen molar-refractivity contribution in [3.8, 4) is 11.5 Å². The molecule has 3 aromatic rings. The standard InChI is InChI=1S/C18H16F2N6O/c19-12-4-3-11(14(20)8-12)9-23-18(27)13-2-1-7-26-16(13)24-25-17(26)15-10-21-5-6-22-15/h3-6,8,10,13H,1-2,7,9H2,(H,23,27). The van der Waals surface area contributed by atoms with Gasteiger partial charge in [-0.15, -0.1) is 10.2 Å². The van der Waals surface area contributed by atoms with Crippen molar-refractivity contribution >= 4 is 5.91 Å². The summed E-state index contributed by atoms with van der Waals surface area (Å²) in [6, 6.07) is 3.28. The Kier molecular flexibility index (Phi) is 4.57. The molecule has 1 aliphatic rings. The van der Waals surface area contributed by atoms with Gasteiger partial charge in [0.05, 0.1) is 12.1 Å². The molecule has 27 heavy (non-hydrogen) atoms. The van der Waals surface area contributed by atoms with Crippen LogP contribution in [0.15, 0.2) is 36.8 Å². The number of nitrogens with one attached hydrogen (secondary N) is 1. The van der Waals surface area contributed by atoms with Gasteiger partial charge in [-0.25, -0.2) is 13.8 Å². The summed E-state index contributed by atoms with van der Waals surface area (Å²) < 4.78 is 28.6. The zero-order valence-electron chi connectivity index (χ0n) is 14.3. The monoisotopic (exact) mass is 370 g/mol. The second-order valence-corrected chi connectivity index (χ2v) is 6.27. The van der Waals surface area contributed by atoms with Crippen molar-refractivity contribution in [3.63, 3.8) is 0 Å². The van der Waals surface area contributed by atoms with Crippen molar-refractivity contribution in [2.24, 2.45) is 0 Å². The van der Waals surface area contributed by atoms with Crippen LogP contribution in [-0.4, -0.2) is 30.6 Å². The number of amides is 1. The highest BCUT2D eigenvalue weighted by molar-refractivity contribution is 5.83. The molecule has 0 aliphatic carbocycles. The molecule has 1 aromatic carbocycles. The molecule has 1 atom stereocenters. The van der Waals surface area contributed by atoms with Crippen LogP contribution >= 0.6 is 0 Å². The molecule has 2 aromatic heterocycles. The summed E-state index contributed by atoms with van der Waals surface area (Å²) in [6.07, 6.45) is 6.14. The maximum absolute atomic E-state index is 13.7. The van der Waals surface area contributed by atoms with E-state index in [1.54, 1.807) is 18.6 Å². The minimum absolute atomic E-state index is 0.0212. The van der Waals surface area contributed by atoms with Gasteiger partial charge in [0.2, 0.25) is 5.91 Å². The minimum Gasteiger partial charge on any atom is -0.351 e. The molecule has 0 spiro atoms. The molecule has 9 heteroatoms. The number of hydrogen-bond donors (Lipinski definition) is 1. The van der Waals surface area contributed by atoms with Crippen molar-refractivity contribution in [3.05, 3.63) is 59.8 Å². The lowest BCUT2D eigenvalue weighted by Gasteiger charge is -2.23. The first kappa shape index (κ1) is 17.2. The summed E-state index contributed by atoms with van der Waals surface area (Å²) in [6.45, 7) is 0.664. The molecule has 0 fully saturated rings. The Morgan fingerprint density at radius 3 is 2.93 bits per heavy atom. The van der Waals surface area contributed by atoms with Crippen molar-refractivity contribution in [1.82, 2.24) is 30.0 Å². The van der Waals surface area contributed by atoms with E-state index in [2.05, 4.69) is 25.5 Å². The minimum atomic E-state index is -0.688. The van der Waals surface area contributed by atoms with E-state index in [9.17, 15) is 13.6 Å². The van der Waals surface area contributed by atoms with Crippen LogP contribution in [0.25, 0.3) is 11.5 Å². The maximum Gasteiger partial charge on any atom is 0.231 e. The third-order valence-electron chi connectivity index (χ3n) is 4.54. The molecule has 7 nitrogen and oxygen atoms in total. The molecule has 1 N–H and O–H groups in total. The largest absolute Gasteiger partial charge is 0.351 e. The summed E-state index contributed by atoms with van der Waals surface area (Å²) in [7, 11) is 0. The molecule has 0 saturated heterocycles. The predicted octanol–water partition coefficient (Wildman–Crippen LogP) is 2.21. The second-order valence-electron chi connectivity index (χ2n) is 6.27. The Bertz CT molecular complexity index is 975. The van der Waals surface area contributed by atoms with Gasteiger partial charge in [0.25, 0.3) is 0 Å². The second kappa shape index (κ2) is 7.18. The highest BCUT2D eigenvalue weighted by atomic mass is 19.1. The van der Waals surface area contributed by atoms with E-state index < -0.39 is 17.6 Å². The fourth-order valence-electron chi connectivity index (χ4n) is 3.20. The highest BCUT2D eigenvalue weighted by Gasteiger charge is 2.31. The number of aromatic nitrogens is 5. The molecule has 1 aliphatic heterocycles. The van der Waals surface area contributed by atoms with E-state index in [-0.39, 0.29) is 18.0 Å². The average molecular weight is 370 g/mol. The van der Waals surface area contributed by atoms with E-state index >= 15 is 0 Å². The summed E-state index contributed by atoms with van der Waals surface area (Å²) in [5.74, 6) is -0.969. The van der Waals surface area contributed by atoms with Gasteiger partial charge in [-0.2, -0.15) is 0 Å². The Morgan fingerprint density at radius 1 is 1.26 bits per heavy atom. The van der Waals surface area contributed by atoms with Gasteiger partial charge >= 0.3 is 0 Å². The van der Waals surface area contributed by atoms with E-state index in [4.69, 9.17) is 0 Å². The SMILES string of the molecule is O=C(NCc1ccc(F)cc1F)C1CCCn2c(-c3cnccn3)nnc21. The number of carbonyl (C=O) groups is 1. The molecular formula is C18H16F2N6O. The summed E-state index contributed by atoms with van der Waals surface area (Å²) in [5.41, 5.74) is 0.813. The zero-order valence-corrected chi connectivity index (χ0v) is 14.3. The fourth-order valence-corrected chi connectivity index (χ4v) is 3.20. The first-order chi connectivity index (χ1) is 13.1. The Morgan fingerprint density at radius 2 is 2.15 bits per heavy atom. The summed E-state index contributed by atoms with van der Waals surface area (Å²) >= 11 is 0. The topological polar surface area (TPSA) is 85.6 Å². The lowest BCUT2D eigenvalue weighted by Crippen LogP contribution is -2.33. The maximum atomic E-state index is 13.7.